The van der Waals surface area contributed by atoms with Crippen LogP contribution in [0.5, 0.6) is 5.75 Å². The van der Waals surface area contributed by atoms with Gasteiger partial charge in [-0.15, -0.1) is 0 Å². The van der Waals surface area contributed by atoms with E-state index >= 15 is 0 Å². The number of carbonyl (C=O) groups excluding carboxylic acids is 1. The molecule has 0 amide bonds. The number of unbranched alkanes of at least 4 members (excludes halogenated alkanes) is 1. The van der Waals surface area contributed by atoms with Crippen molar-refractivity contribution in [1.29, 1.82) is 0 Å². The SMILES string of the molecule is CCCCc1nc2c(C)cc(-c3cn4ccccc4n3)cc2n1Cc1ccc(-c2ccccc2OC(=O)OC(C)(C)C)cc1. The molecule has 0 saturated carbocycles. The first-order chi connectivity index (χ1) is 21.2. The van der Waals surface area contributed by atoms with E-state index in [0.717, 1.165) is 75.3 Å². The maximum Gasteiger partial charge on any atom is 0.514 e. The zero-order chi connectivity index (χ0) is 30.8. The third-order valence-corrected chi connectivity index (χ3v) is 7.61. The maximum atomic E-state index is 12.4. The monoisotopic (exact) mass is 586 g/mol. The van der Waals surface area contributed by atoms with E-state index in [2.05, 4.69) is 65.4 Å². The highest BCUT2D eigenvalue weighted by molar-refractivity contribution is 5.85. The lowest BCUT2D eigenvalue weighted by atomic mass is 10.0. The van der Waals surface area contributed by atoms with Crippen LogP contribution >= 0.6 is 0 Å². The summed E-state index contributed by atoms with van der Waals surface area (Å²) in [6.07, 6.45) is 6.49. The molecule has 3 heterocycles. The summed E-state index contributed by atoms with van der Waals surface area (Å²) >= 11 is 0. The lowest BCUT2D eigenvalue weighted by molar-refractivity contribution is 0.0207. The highest BCUT2D eigenvalue weighted by Crippen LogP contribution is 2.32. The van der Waals surface area contributed by atoms with Crippen LogP contribution < -0.4 is 4.74 Å². The van der Waals surface area contributed by atoms with Gasteiger partial charge in [0.2, 0.25) is 0 Å². The van der Waals surface area contributed by atoms with E-state index < -0.39 is 11.8 Å². The van der Waals surface area contributed by atoms with Gasteiger partial charge in [-0.3, -0.25) is 0 Å². The number of nitrogens with zero attached hydrogens (tertiary/aromatic N) is 4. The lowest BCUT2D eigenvalue weighted by Crippen LogP contribution is -2.26. The maximum absolute atomic E-state index is 12.4. The largest absolute Gasteiger partial charge is 0.514 e. The first-order valence-electron chi connectivity index (χ1n) is 15.2. The molecule has 0 unspecified atom stereocenters. The molecule has 6 aromatic rings. The molecule has 0 saturated heterocycles. The van der Waals surface area contributed by atoms with Crippen molar-refractivity contribution >= 4 is 22.8 Å². The molecular formula is C37H38N4O3. The summed E-state index contributed by atoms with van der Waals surface area (Å²) in [4.78, 5) is 22.4. The van der Waals surface area contributed by atoms with Gasteiger partial charge in [-0.05, 0) is 81.1 Å². The Kier molecular flexibility index (Phi) is 7.95. The Morgan fingerprint density at radius 2 is 1.68 bits per heavy atom. The van der Waals surface area contributed by atoms with Crippen molar-refractivity contribution in [2.75, 3.05) is 0 Å². The Morgan fingerprint density at radius 3 is 2.43 bits per heavy atom. The number of hydrogen-bond acceptors (Lipinski definition) is 5. The van der Waals surface area contributed by atoms with Gasteiger partial charge in [0.25, 0.3) is 0 Å². The first kappa shape index (κ1) is 29.2. The molecule has 7 heteroatoms. The van der Waals surface area contributed by atoms with E-state index in [4.69, 9.17) is 19.4 Å². The molecule has 3 aromatic carbocycles. The summed E-state index contributed by atoms with van der Waals surface area (Å²) in [5, 5.41) is 0. The minimum Gasteiger partial charge on any atom is -0.428 e. The number of hydrogen-bond donors (Lipinski definition) is 0. The number of rotatable bonds is 8. The molecule has 44 heavy (non-hydrogen) atoms. The van der Waals surface area contributed by atoms with Crippen LogP contribution in [0.1, 0.15) is 57.5 Å². The van der Waals surface area contributed by atoms with Crippen molar-refractivity contribution in [1.82, 2.24) is 18.9 Å². The van der Waals surface area contributed by atoms with Crippen molar-refractivity contribution in [2.24, 2.45) is 0 Å². The number of carbonyl (C=O) groups is 1. The summed E-state index contributed by atoms with van der Waals surface area (Å²) in [6.45, 7) is 10.5. The van der Waals surface area contributed by atoms with E-state index in [9.17, 15) is 4.79 Å². The van der Waals surface area contributed by atoms with Gasteiger partial charge in [-0.2, -0.15) is 0 Å². The molecule has 0 fully saturated rings. The minimum atomic E-state index is -0.716. The van der Waals surface area contributed by atoms with Crippen molar-refractivity contribution in [2.45, 2.75) is 66.0 Å². The second-order valence-electron chi connectivity index (χ2n) is 12.2. The van der Waals surface area contributed by atoms with E-state index in [1.54, 1.807) is 6.07 Å². The van der Waals surface area contributed by atoms with Gasteiger partial charge >= 0.3 is 6.16 Å². The second kappa shape index (κ2) is 12.0. The Hall–Kier alpha value is -4.91. The van der Waals surface area contributed by atoms with Gasteiger partial charge in [-0.25, -0.2) is 14.8 Å². The Morgan fingerprint density at radius 1 is 0.909 bits per heavy atom. The predicted molar refractivity (Wildman–Crippen MR) is 175 cm³/mol. The fourth-order valence-electron chi connectivity index (χ4n) is 5.49. The second-order valence-corrected chi connectivity index (χ2v) is 12.2. The van der Waals surface area contributed by atoms with E-state index in [1.165, 1.54) is 0 Å². The Balaban J connectivity index is 1.33. The Labute approximate surface area is 258 Å². The quantitative estimate of drug-likeness (QED) is 0.131. The molecule has 3 aromatic heterocycles. The zero-order valence-corrected chi connectivity index (χ0v) is 26.0. The average Bonchev–Trinajstić information content (AvgIpc) is 3.58. The molecule has 0 spiro atoms. The van der Waals surface area contributed by atoms with Gasteiger partial charge in [0.1, 0.15) is 22.8 Å². The standard InChI is InChI=1S/C37H38N4O3/c1-6-7-14-34-39-35-25(2)21-28(30-24-40-20-11-10-15-33(40)38-30)22-31(35)41(34)23-26-16-18-27(19-17-26)29-12-8-9-13-32(29)43-36(42)44-37(3,4)5/h8-13,15-22,24H,6-7,14,23H2,1-5H3. The third kappa shape index (κ3) is 6.23. The van der Waals surface area contributed by atoms with Crippen molar-refractivity contribution < 1.29 is 14.3 Å². The highest BCUT2D eigenvalue weighted by atomic mass is 16.7. The number of ether oxygens (including phenoxy) is 2. The first-order valence-corrected chi connectivity index (χ1v) is 15.2. The van der Waals surface area contributed by atoms with Crippen molar-refractivity contribution in [3.8, 4) is 28.1 Å². The summed E-state index contributed by atoms with van der Waals surface area (Å²) in [5.41, 5.74) is 8.56. The molecule has 0 aliphatic carbocycles. The summed E-state index contributed by atoms with van der Waals surface area (Å²) in [6, 6.07) is 26.4. The molecular weight excluding hydrogens is 548 g/mol. The normalized spacial score (nSPS) is 11.8. The molecule has 0 atom stereocenters. The van der Waals surface area contributed by atoms with Gasteiger partial charge in [0.05, 0.1) is 16.7 Å². The minimum absolute atomic E-state index is 0.465. The van der Waals surface area contributed by atoms with Crippen LogP contribution in [0.3, 0.4) is 0 Å². The molecule has 224 valence electrons. The molecule has 0 radical (unpaired) electrons. The lowest BCUT2D eigenvalue weighted by Gasteiger charge is -2.19. The molecule has 0 aliphatic rings. The summed E-state index contributed by atoms with van der Waals surface area (Å²) < 4.78 is 15.4. The Bertz CT molecular complexity index is 1910. The number of benzene rings is 3. The number of pyridine rings is 1. The van der Waals surface area contributed by atoms with E-state index in [1.807, 2.05) is 63.4 Å². The summed E-state index contributed by atoms with van der Waals surface area (Å²) in [7, 11) is 0. The van der Waals surface area contributed by atoms with Crippen LogP contribution in [0.2, 0.25) is 0 Å². The van der Waals surface area contributed by atoms with Crippen LogP contribution in [-0.4, -0.2) is 30.7 Å². The van der Waals surface area contributed by atoms with Crippen LogP contribution in [0.25, 0.3) is 39.1 Å². The smallest absolute Gasteiger partial charge is 0.428 e. The molecule has 0 N–H and O–H groups in total. The van der Waals surface area contributed by atoms with Crippen LogP contribution in [0.4, 0.5) is 4.79 Å². The molecule has 7 nitrogen and oxygen atoms in total. The average molecular weight is 587 g/mol. The van der Waals surface area contributed by atoms with Gasteiger partial charge in [-0.1, -0.05) is 61.9 Å². The zero-order valence-electron chi connectivity index (χ0n) is 26.0. The topological polar surface area (TPSA) is 70.7 Å². The van der Waals surface area contributed by atoms with Crippen LogP contribution in [0, 0.1) is 6.92 Å². The van der Waals surface area contributed by atoms with Crippen molar-refractivity contribution in [3.63, 3.8) is 0 Å². The van der Waals surface area contributed by atoms with Gasteiger partial charge in [0.15, 0.2) is 0 Å². The number of para-hydroxylation sites is 1. The van der Waals surface area contributed by atoms with Crippen LogP contribution in [-0.2, 0) is 17.7 Å². The van der Waals surface area contributed by atoms with E-state index in [0.29, 0.717) is 12.3 Å². The molecule has 0 bridgehead atoms. The number of imidazole rings is 2. The highest BCUT2D eigenvalue weighted by Gasteiger charge is 2.20. The van der Waals surface area contributed by atoms with Crippen LogP contribution in [0.15, 0.2) is 91.3 Å². The fourth-order valence-corrected chi connectivity index (χ4v) is 5.49. The molecule has 0 aliphatic heterocycles. The fraction of sp³-hybridized carbons (Fsp3) is 0.270. The van der Waals surface area contributed by atoms with E-state index in [-0.39, 0.29) is 0 Å². The number of fused-ring (bicyclic) bond motifs is 2. The number of aryl methyl sites for hydroxylation is 2. The van der Waals surface area contributed by atoms with Gasteiger partial charge < -0.3 is 18.4 Å². The molecule has 6 rings (SSSR count). The predicted octanol–water partition coefficient (Wildman–Crippen LogP) is 9.03. The number of aromatic nitrogens is 4. The van der Waals surface area contributed by atoms with Crippen molar-refractivity contribution in [3.05, 3.63) is 108 Å². The summed E-state index contributed by atoms with van der Waals surface area (Å²) in [5.74, 6) is 1.56. The van der Waals surface area contributed by atoms with Gasteiger partial charge in [0, 0.05) is 36.5 Å². The third-order valence-electron chi connectivity index (χ3n) is 7.61.